The molecule has 0 fully saturated rings. The summed E-state index contributed by atoms with van der Waals surface area (Å²) in [4.78, 5) is 52.3. The van der Waals surface area contributed by atoms with Crippen molar-refractivity contribution in [2.45, 2.75) is 43.3 Å². The fourth-order valence-corrected chi connectivity index (χ4v) is 5.34. The zero-order valence-corrected chi connectivity index (χ0v) is 26.9. The number of halogens is 1. The molecule has 0 saturated carbocycles. The molecule has 0 aliphatic carbocycles. The average Bonchev–Trinajstić information content (AvgIpc) is 3.08. The number of rotatable bonds is 14. The molecule has 47 heavy (non-hydrogen) atoms. The highest BCUT2D eigenvalue weighted by Gasteiger charge is 2.20. The maximum absolute atomic E-state index is 14.5. The van der Waals surface area contributed by atoms with E-state index in [-0.39, 0.29) is 17.2 Å². The Hall–Kier alpha value is -5.22. The minimum absolute atomic E-state index is 0.133. The van der Waals surface area contributed by atoms with Crippen LogP contribution in [0.25, 0.3) is 6.08 Å². The number of unbranched alkanes of at least 4 members (excludes halogenated alkanes) is 1. The number of ether oxygens (including phenoxy) is 1. The van der Waals surface area contributed by atoms with Crippen molar-refractivity contribution in [3.63, 3.8) is 0 Å². The maximum atomic E-state index is 14.5. The lowest BCUT2D eigenvalue weighted by molar-refractivity contribution is -0.116. The van der Waals surface area contributed by atoms with Gasteiger partial charge in [0.15, 0.2) is 0 Å². The van der Waals surface area contributed by atoms with Gasteiger partial charge in [-0.15, -0.1) is 11.8 Å². The van der Waals surface area contributed by atoms with E-state index in [9.17, 15) is 23.6 Å². The molecule has 4 aromatic rings. The van der Waals surface area contributed by atoms with E-state index in [1.165, 1.54) is 36.0 Å². The number of esters is 1. The summed E-state index contributed by atoms with van der Waals surface area (Å²) in [5.74, 6) is -2.34. The van der Waals surface area contributed by atoms with Crippen LogP contribution in [0.5, 0.6) is 0 Å². The molecule has 10 heteroatoms. The molecule has 4 aromatic carbocycles. The number of hydrogen-bond donors (Lipinski definition) is 3. The van der Waals surface area contributed by atoms with Gasteiger partial charge in [-0.25, -0.2) is 9.18 Å². The quantitative estimate of drug-likeness (QED) is 0.0556. The monoisotopic (exact) mass is 653 g/mol. The first-order valence-corrected chi connectivity index (χ1v) is 16.1. The smallest absolute Gasteiger partial charge is 0.338 e. The van der Waals surface area contributed by atoms with E-state index in [0.717, 1.165) is 17.7 Å². The lowest BCUT2D eigenvalue weighted by Gasteiger charge is -2.16. The number of nitrogens with one attached hydrogen (secondary N) is 3. The van der Waals surface area contributed by atoms with E-state index < -0.39 is 28.9 Å². The molecule has 0 bridgehead atoms. The van der Waals surface area contributed by atoms with Crippen LogP contribution in [0.4, 0.5) is 15.8 Å². The molecular formula is C37H36FN3O5S. The molecule has 242 valence electrons. The molecule has 0 saturated heterocycles. The highest BCUT2D eigenvalue weighted by atomic mass is 32.2. The summed E-state index contributed by atoms with van der Waals surface area (Å²) in [6.45, 7) is 4.28. The normalized spacial score (nSPS) is 11.7. The van der Waals surface area contributed by atoms with Gasteiger partial charge in [0.05, 0.1) is 17.4 Å². The zero-order chi connectivity index (χ0) is 33.6. The first-order valence-electron chi connectivity index (χ1n) is 15.3. The lowest BCUT2D eigenvalue weighted by Crippen LogP contribution is -2.30. The van der Waals surface area contributed by atoms with Gasteiger partial charge in [0.1, 0.15) is 11.5 Å². The van der Waals surface area contributed by atoms with Crippen molar-refractivity contribution < 1.29 is 28.3 Å². The van der Waals surface area contributed by atoms with Crippen LogP contribution in [0.3, 0.4) is 0 Å². The lowest BCUT2D eigenvalue weighted by atomic mass is 10.1. The van der Waals surface area contributed by atoms with E-state index >= 15 is 0 Å². The Balaban J connectivity index is 1.43. The van der Waals surface area contributed by atoms with Crippen molar-refractivity contribution in [2.75, 3.05) is 17.2 Å². The van der Waals surface area contributed by atoms with E-state index in [4.69, 9.17) is 4.74 Å². The Labute approximate surface area is 277 Å². The summed E-state index contributed by atoms with van der Waals surface area (Å²) in [6.07, 6.45) is 3.53. The zero-order valence-electron chi connectivity index (χ0n) is 26.1. The number of benzene rings is 4. The molecule has 0 aromatic heterocycles. The van der Waals surface area contributed by atoms with Crippen molar-refractivity contribution in [2.24, 2.45) is 0 Å². The summed E-state index contributed by atoms with van der Waals surface area (Å²) >= 11 is 1.33. The van der Waals surface area contributed by atoms with Crippen molar-refractivity contribution in [3.8, 4) is 0 Å². The second-order valence-corrected chi connectivity index (χ2v) is 11.7. The number of thioether (sulfide) groups is 1. The minimum Gasteiger partial charge on any atom is -0.462 e. The van der Waals surface area contributed by atoms with E-state index in [1.54, 1.807) is 78.9 Å². The Bertz CT molecular complexity index is 1730. The van der Waals surface area contributed by atoms with E-state index in [0.29, 0.717) is 35.5 Å². The van der Waals surface area contributed by atoms with Gasteiger partial charge in [-0.3, -0.25) is 14.4 Å². The molecule has 0 heterocycles. The highest BCUT2D eigenvalue weighted by Crippen LogP contribution is 2.29. The summed E-state index contributed by atoms with van der Waals surface area (Å²) in [6, 6.07) is 27.8. The first-order chi connectivity index (χ1) is 22.8. The van der Waals surface area contributed by atoms with Crippen LogP contribution in [0, 0.1) is 5.82 Å². The standard InChI is InChI=1S/C37H36FN3O5S/c1-3-5-22-46-37(45)26-18-20-28(21-19-26)39-36(44)33(4-2)47-30-16-11-15-29(24-30)40-35(43)32(23-27-14-9-10-17-31(27)38)41-34(42)25-12-7-6-8-13-25/h6-21,23-24,33H,3-5,22H2,1-2H3,(H,39,44)(H,40,43)(H,41,42)/b32-23-. The average molecular weight is 654 g/mol. The van der Waals surface area contributed by atoms with Gasteiger partial charge >= 0.3 is 5.97 Å². The Morgan fingerprint density at radius 1 is 0.809 bits per heavy atom. The third-order valence-corrected chi connectivity index (χ3v) is 8.24. The SMILES string of the molecule is CCCCOC(=O)c1ccc(NC(=O)C(CC)Sc2cccc(NC(=O)/C(=C/c3ccccc3F)NC(=O)c3ccccc3)c2)cc1. The van der Waals surface area contributed by atoms with Gasteiger partial charge < -0.3 is 20.7 Å². The van der Waals surface area contributed by atoms with E-state index in [2.05, 4.69) is 16.0 Å². The Morgan fingerprint density at radius 2 is 1.53 bits per heavy atom. The topological polar surface area (TPSA) is 114 Å². The third kappa shape index (κ3) is 10.4. The van der Waals surface area contributed by atoms with Gasteiger partial charge in [0.2, 0.25) is 5.91 Å². The van der Waals surface area contributed by atoms with Crippen LogP contribution in [0.15, 0.2) is 114 Å². The van der Waals surface area contributed by atoms with Gasteiger partial charge in [-0.2, -0.15) is 0 Å². The molecule has 1 atom stereocenters. The van der Waals surface area contributed by atoms with Crippen LogP contribution in [0.2, 0.25) is 0 Å². The van der Waals surface area contributed by atoms with Crippen LogP contribution in [0.1, 0.15) is 59.4 Å². The molecule has 3 amide bonds. The second-order valence-electron chi connectivity index (χ2n) is 10.5. The van der Waals surface area contributed by atoms with Gasteiger partial charge in [-0.05, 0) is 79.6 Å². The first kappa shape index (κ1) is 34.6. The van der Waals surface area contributed by atoms with Crippen molar-refractivity contribution in [1.82, 2.24) is 5.32 Å². The molecule has 4 rings (SSSR count). The largest absolute Gasteiger partial charge is 0.462 e. The fourth-order valence-electron chi connectivity index (χ4n) is 4.33. The van der Waals surface area contributed by atoms with Crippen LogP contribution >= 0.6 is 11.8 Å². The van der Waals surface area contributed by atoms with E-state index in [1.807, 2.05) is 19.9 Å². The second kappa shape index (κ2) is 17.5. The number of hydrogen-bond acceptors (Lipinski definition) is 6. The predicted octanol–water partition coefficient (Wildman–Crippen LogP) is 7.70. The Morgan fingerprint density at radius 3 is 2.23 bits per heavy atom. The summed E-state index contributed by atoms with van der Waals surface area (Å²) in [5, 5.41) is 7.81. The van der Waals surface area contributed by atoms with Crippen LogP contribution < -0.4 is 16.0 Å². The number of carbonyl (C=O) groups is 4. The van der Waals surface area contributed by atoms with Gasteiger partial charge in [-0.1, -0.05) is 62.7 Å². The molecule has 3 N–H and O–H groups in total. The van der Waals surface area contributed by atoms with Crippen molar-refractivity contribution >= 4 is 52.9 Å². The predicted molar refractivity (Wildman–Crippen MR) is 184 cm³/mol. The maximum Gasteiger partial charge on any atom is 0.338 e. The summed E-state index contributed by atoms with van der Waals surface area (Å²) in [7, 11) is 0. The molecular weight excluding hydrogens is 617 g/mol. The fraction of sp³-hybridized carbons (Fsp3) is 0.189. The van der Waals surface area contributed by atoms with Crippen LogP contribution in [-0.2, 0) is 14.3 Å². The molecule has 0 spiro atoms. The van der Waals surface area contributed by atoms with Gasteiger partial charge in [0.25, 0.3) is 11.8 Å². The van der Waals surface area contributed by atoms with Crippen molar-refractivity contribution in [1.29, 1.82) is 0 Å². The highest BCUT2D eigenvalue weighted by molar-refractivity contribution is 8.00. The van der Waals surface area contributed by atoms with Gasteiger partial charge in [0, 0.05) is 27.4 Å². The number of anilines is 2. The molecule has 0 aliphatic rings. The van der Waals surface area contributed by atoms with Crippen molar-refractivity contribution in [3.05, 3.63) is 131 Å². The third-order valence-electron chi connectivity index (χ3n) is 6.89. The summed E-state index contributed by atoms with van der Waals surface area (Å²) in [5.41, 5.74) is 1.70. The minimum atomic E-state index is -0.651. The number of amides is 3. The number of carbonyl (C=O) groups excluding carboxylic acids is 4. The molecule has 0 aliphatic heterocycles. The molecule has 8 nitrogen and oxygen atoms in total. The summed E-state index contributed by atoms with van der Waals surface area (Å²) < 4.78 is 19.7. The Kier molecular flexibility index (Phi) is 12.9. The molecule has 1 unspecified atom stereocenters. The molecule has 0 radical (unpaired) electrons. The van der Waals surface area contributed by atoms with Crippen LogP contribution in [-0.4, -0.2) is 35.5 Å².